The van der Waals surface area contributed by atoms with Crippen LogP contribution in [0.5, 0.6) is 0 Å². The molecule has 1 atom stereocenters. The average Bonchev–Trinajstić information content (AvgIpc) is 3.23. The second kappa shape index (κ2) is 6.10. The third-order valence-electron chi connectivity index (χ3n) is 3.49. The molecule has 2 rings (SSSR count). The summed E-state index contributed by atoms with van der Waals surface area (Å²) in [4.78, 5) is 0. The molecule has 1 aliphatic rings. The summed E-state index contributed by atoms with van der Waals surface area (Å²) in [6, 6.07) is 6.03. The first-order valence-corrected chi connectivity index (χ1v) is 8.46. The predicted octanol–water partition coefficient (Wildman–Crippen LogP) is 2.12. The number of anilines is 1. The van der Waals surface area contributed by atoms with E-state index in [1.807, 2.05) is 0 Å². The SMILES string of the molecule is CCN(c1ccc(F)cc1)S(=O)(=O)C(C)CNC1CC1. The number of hydrogen-bond acceptors (Lipinski definition) is 3. The predicted molar refractivity (Wildman–Crippen MR) is 78.8 cm³/mol. The minimum Gasteiger partial charge on any atom is -0.313 e. The Morgan fingerprint density at radius 3 is 2.45 bits per heavy atom. The van der Waals surface area contributed by atoms with Crippen LogP contribution in [-0.4, -0.2) is 32.8 Å². The molecule has 6 heteroatoms. The van der Waals surface area contributed by atoms with E-state index in [2.05, 4.69) is 5.32 Å². The Morgan fingerprint density at radius 2 is 1.95 bits per heavy atom. The molecule has 1 N–H and O–H groups in total. The van der Waals surface area contributed by atoms with Crippen LogP contribution in [0.25, 0.3) is 0 Å². The van der Waals surface area contributed by atoms with Gasteiger partial charge in [0, 0.05) is 19.1 Å². The van der Waals surface area contributed by atoms with Crippen LogP contribution < -0.4 is 9.62 Å². The number of rotatable bonds is 7. The number of sulfonamides is 1. The van der Waals surface area contributed by atoms with Gasteiger partial charge in [0.15, 0.2) is 0 Å². The van der Waals surface area contributed by atoms with Crippen LogP contribution in [0.15, 0.2) is 24.3 Å². The van der Waals surface area contributed by atoms with Crippen LogP contribution in [0.3, 0.4) is 0 Å². The highest BCUT2D eigenvalue weighted by Crippen LogP contribution is 2.22. The Labute approximate surface area is 120 Å². The van der Waals surface area contributed by atoms with Crippen molar-refractivity contribution in [2.45, 2.75) is 38.0 Å². The second-order valence-electron chi connectivity index (χ2n) is 5.18. The Morgan fingerprint density at radius 1 is 1.35 bits per heavy atom. The van der Waals surface area contributed by atoms with Gasteiger partial charge in [-0.05, 0) is 51.0 Å². The van der Waals surface area contributed by atoms with Gasteiger partial charge in [0.2, 0.25) is 10.0 Å². The minimum atomic E-state index is -3.44. The maximum atomic E-state index is 12.9. The number of nitrogens with one attached hydrogen (secondary N) is 1. The standard InChI is InChI=1S/C14H21FN2O2S/c1-3-17(14-8-4-12(15)5-9-14)20(18,19)11(2)10-16-13-6-7-13/h4-5,8-9,11,13,16H,3,6-7,10H2,1-2H3. The zero-order valence-electron chi connectivity index (χ0n) is 11.8. The quantitative estimate of drug-likeness (QED) is 0.839. The molecule has 0 heterocycles. The van der Waals surface area contributed by atoms with Crippen molar-refractivity contribution in [3.63, 3.8) is 0 Å². The van der Waals surface area contributed by atoms with Gasteiger partial charge >= 0.3 is 0 Å². The van der Waals surface area contributed by atoms with E-state index < -0.39 is 15.3 Å². The van der Waals surface area contributed by atoms with Crippen molar-refractivity contribution in [3.05, 3.63) is 30.1 Å². The van der Waals surface area contributed by atoms with Crippen LogP contribution in [-0.2, 0) is 10.0 Å². The first-order valence-electron chi connectivity index (χ1n) is 6.95. The zero-order chi connectivity index (χ0) is 14.8. The van der Waals surface area contributed by atoms with Gasteiger partial charge in [0.25, 0.3) is 0 Å². The lowest BCUT2D eigenvalue weighted by Crippen LogP contribution is -2.42. The van der Waals surface area contributed by atoms with Gasteiger partial charge in [0.1, 0.15) is 5.82 Å². The number of benzene rings is 1. The highest BCUT2D eigenvalue weighted by Gasteiger charge is 2.30. The third kappa shape index (κ3) is 3.49. The summed E-state index contributed by atoms with van der Waals surface area (Å²) in [7, 11) is -3.44. The lowest BCUT2D eigenvalue weighted by atomic mass is 10.3. The first kappa shape index (κ1) is 15.3. The van der Waals surface area contributed by atoms with Gasteiger partial charge in [0.05, 0.1) is 10.9 Å². The van der Waals surface area contributed by atoms with E-state index >= 15 is 0 Å². The lowest BCUT2D eigenvalue weighted by Gasteiger charge is -2.26. The van der Waals surface area contributed by atoms with E-state index in [9.17, 15) is 12.8 Å². The molecule has 1 saturated carbocycles. The molecule has 0 bridgehead atoms. The summed E-state index contributed by atoms with van der Waals surface area (Å²) in [5.41, 5.74) is 0.507. The Hall–Kier alpha value is -1.14. The Bertz CT molecular complexity index is 541. The molecule has 1 fully saturated rings. The topological polar surface area (TPSA) is 49.4 Å². The Balaban J connectivity index is 2.12. The zero-order valence-corrected chi connectivity index (χ0v) is 12.7. The van der Waals surface area contributed by atoms with Gasteiger partial charge < -0.3 is 5.32 Å². The van der Waals surface area contributed by atoms with Gasteiger partial charge in [-0.3, -0.25) is 4.31 Å². The summed E-state index contributed by atoms with van der Waals surface area (Å²) in [6.45, 7) is 4.27. The summed E-state index contributed by atoms with van der Waals surface area (Å²) < 4.78 is 39.4. The molecule has 0 aliphatic heterocycles. The van der Waals surface area contributed by atoms with Crippen molar-refractivity contribution in [3.8, 4) is 0 Å². The average molecular weight is 300 g/mol. The van der Waals surface area contributed by atoms with Crippen molar-refractivity contribution < 1.29 is 12.8 Å². The molecule has 0 radical (unpaired) electrons. The maximum absolute atomic E-state index is 12.9. The van der Waals surface area contributed by atoms with Gasteiger partial charge in [-0.2, -0.15) is 0 Å². The van der Waals surface area contributed by atoms with Crippen LogP contribution in [0.4, 0.5) is 10.1 Å². The number of nitrogens with zero attached hydrogens (tertiary/aromatic N) is 1. The largest absolute Gasteiger partial charge is 0.313 e. The van der Waals surface area contributed by atoms with Crippen molar-refractivity contribution in [1.29, 1.82) is 0 Å². The molecule has 1 unspecified atom stereocenters. The summed E-state index contributed by atoms with van der Waals surface area (Å²) >= 11 is 0. The van der Waals surface area contributed by atoms with E-state index in [0.29, 0.717) is 24.8 Å². The van der Waals surface area contributed by atoms with Gasteiger partial charge in [-0.1, -0.05) is 0 Å². The molecule has 1 aromatic carbocycles. The van der Waals surface area contributed by atoms with E-state index in [1.54, 1.807) is 13.8 Å². The van der Waals surface area contributed by atoms with Crippen molar-refractivity contribution >= 4 is 15.7 Å². The fourth-order valence-electron chi connectivity index (χ4n) is 2.06. The fraction of sp³-hybridized carbons (Fsp3) is 0.571. The molecular formula is C14H21FN2O2S. The molecule has 0 amide bonds. The molecule has 1 aromatic rings. The summed E-state index contributed by atoms with van der Waals surface area (Å²) in [6.07, 6.45) is 2.25. The van der Waals surface area contributed by atoms with Crippen LogP contribution in [0.2, 0.25) is 0 Å². The van der Waals surface area contributed by atoms with E-state index in [-0.39, 0.29) is 5.82 Å². The highest BCUT2D eigenvalue weighted by molar-refractivity contribution is 7.93. The molecule has 20 heavy (non-hydrogen) atoms. The molecule has 0 aromatic heterocycles. The second-order valence-corrected chi connectivity index (χ2v) is 7.45. The molecule has 0 spiro atoms. The van der Waals surface area contributed by atoms with E-state index in [1.165, 1.54) is 28.6 Å². The molecule has 4 nitrogen and oxygen atoms in total. The van der Waals surface area contributed by atoms with Crippen molar-refractivity contribution in [2.24, 2.45) is 0 Å². The van der Waals surface area contributed by atoms with Crippen LogP contribution >= 0.6 is 0 Å². The highest BCUT2D eigenvalue weighted by atomic mass is 32.2. The maximum Gasteiger partial charge on any atom is 0.239 e. The van der Waals surface area contributed by atoms with E-state index in [0.717, 1.165) is 12.8 Å². The summed E-state index contributed by atoms with van der Waals surface area (Å²) in [5.74, 6) is -0.370. The van der Waals surface area contributed by atoms with Gasteiger partial charge in [-0.15, -0.1) is 0 Å². The molecular weight excluding hydrogens is 279 g/mol. The molecule has 0 saturated heterocycles. The van der Waals surface area contributed by atoms with Crippen LogP contribution in [0, 0.1) is 5.82 Å². The lowest BCUT2D eigenvalue weighted by molar-refractivity contribution is 0.567. The van der Waals surface area contributed by atoms with E-state index in [4.69, 9.17) is 0 Å². The smallest absolute Gasteiger partial charge is 0.239 e. The minimum absolute atomic E-state index is 0.335. The molecule has 112 valence electrons. The normalized spacial score (nSPS) is 16.9. The first-order chi connectivity index (χ1) is 9.45. The van der Waals surface area contributed by atoms with Crippen molar-refractivity contribution in [1.82, 2.24) is 5.32 Å². The Kier molecular flexibility index (Phi) is 4.65. The van der Waals surface area contributed by atoms with Crippen LogP contribution in [0.1, 0.15) is 26.7 Å². The molecule has 1 aliphatic carbocycles. The number of hydrogen-bond donors (Lipinski definition) is 1. The fourth-order valence-corrected chi connectivity index (χ4v) is 3.58. The number of halogens is 1. The monoisotopic (exact) mass is 300 g/mol. The van der Waals surface area contributed by atoms with Gasteiger partial charge in [-0.25, -0.2) is 12.8 Å². The van der Waals surface area contributed by atoms with Crippen molar-refractivity contribution in [2.75, 3.05) is 17.4 Å². The summed E-state index contributed by atoms with van der Waals surface area (Å²) in [5, 5.41) is 2.73. The third-order valence-corrected chi connectivity index (χ3v) is 5.76.